The summed E-state index contributed by atoms with van der Waals surface area (Å²) in [6.07, 6.45) is 0. The van der Waals surface area contributed by atoms with Gasteiger partial charge in [0.15, 0.2) is 0 Å². The maximum atomic E-state index is 12.6. The Balaban J connectivity index is 1.78. The second-order valence-electron chi connectivity index (χ2n) is 6.02. The van der Waals surface area contributed by atoms with E-state index in [9.17, 15) is 9.59 Å². The average molecular weight is 370 g/mol. The van der Waals surface area contributed by atoms with E-state index in [0.717, 1.165) is 34.3 Å². The van der Waals surface area contributed by atoms with Crippen LogP contribution in [-0.4, -0.2) is 16.4 Å². The Hall–Kier alpha value is -2.80. The molecule has 0 aliphatic rings. The summed E-state index contributed by atoms with van der Waals surface area (Å²) >= 11 is 1.15. The van der Waals surface area contributed by atoms with Gasteiger partial charge in [-0.25, -0.2) is 4.79 Å². The van der Waals surface area contributed by atoms with Gasteiger partial charge in [-0.3, -0.25) is 9.32 Å². The van der Waals surface area contributed by atoms with Crippen molar-refractivity contribution in [3.63, 3.8) is 0 Å². The van der Waals surface area contributed by atoms with E-state index in [4.69, 9.17) is 4.52 Å². The number of benzene rings is 2. The molecule has 1 unspecified atom stereocenters. The van der Waals surface area contributed by atoms with Crippen LogP contribution in [0.15, 0.2) is 62.9 Å². The lowest BCUT2D eigenvalue weighted by Crippen LogP contribution is -2.37. The Morgan fingerprint density at radius 3 is 2.62 bits per heavy atom. The minimum atomic E-state index is -0.509. The van der Waals surface area contributed by atoms with Gasteiger partial charge in [-0.2, -0.15) is 0 Å². The van der Waals surface area contributed by atoms with Crippen molar-refractivity contribution in [3.8, 4) is 5.69 Å². The van der Waals surface area contributed by atoms with Crippen LogP contribution in [0.25, 0.3) is 5.69 Å². The summed E-state index contributed by atoms with van der Waals surface area (Å²) in [7, 11) is 0. The molecule has 0 radical (unpaired) electrons. The molecule has 1 heterocycles. The Labute approximate surface area is 155 Å². The largest absolute Gasteiger partial charge is 0.442 e. The number of anilines is 1. The molecule has 0 saturated carbocycles. The number of nitrogens with one attached hydrogen (secondary N) is 2. The zero-order chi connectivity index (χ0) is 18.7. The standard InChI is InChI=1S/C19H19N3O3S/c1-12-9-10-16(13(2)11-12)20-17(23)14(3)26-18-19(24)25-21-22(18)15-7-5-4-6-8-15/h4-11,14H,1-3H3,(H-,20,21,23,24)/p+1. The van der Waals surface area contributed by atoms with E-state index < -0.39 is 10.9 Å². The maximum absolute atomic E-state index is 12.6. The van der Waals surface area contributed by atoms with Crippen molar-refractivity contribution in [1.82, 2.24) is 5.27 Å². The summed E-state index contributed by atoms with van der Waals surface area (Å²) in [6, 6.07) is 15.1. The third kappa shape index (κ3) is 3.88. The average Bonchev–Trinajstić information content (AvgIpc) is 2.98. The van der Waals surface area contributed by atoms with Crippen molar-refractivity contribution in [1.29, 1.82) is 0 Å². The monoisotopic (exact) mass is 370 g/mol. The summed E-state index contributed by atoms with van der Waals surface area (Å²) in [4.78, 5) is 24.6. The number of hydrogen-bond donors (Lipinski definition) is 2. The summed E-state index contributed by atoms with van der Waals surface area (Å²) < 4.78 is 6.45. The molecule has 7 heteroatoms. The summed E-state index contributed by atoms with van der Waals surface area (Å²) in [5.41, 5.74) is 3.14. The third-order valence-electron chi connectivity index (χ3n) is 3.92. The van der Waals surface area contributed by atoms with Gasteiger partial charge < -0.3 is 5.32 Å². The van der Waals surface area contributed by atoms with Crippen LogP contribution < -0.4 is 15.6 Å². The number of thioether (sulfide) groups is 1. The summed E-state index contributed by atoms with van der Waals surface area (Å²) in [5, 5.41) is 5.33. The highest BCUT2D eigenvalue weighted by atomic mass is 32.2. The van der Waals surface area contributed by atoms with Gasteiger partial charge in [0.1, 0.15) is 0 Å². The normalized spacial score (nSPS) is 12.0. The number of hydrogen-bond acceptors (Lipinski definition) is 4. The second-order valence-corrected chi connectivity index (χ2v) is 7.35. The van der Waals surface area contributed by atoms with Gasteiger partial charge in [-0.15, -0.1) is 0 Å². The van der Waals surface area contributed by atoms with Crippen molar-refractivity contribution in [2.24, 2.45) is 0 Å². The van der Waals surface area contributed by atoms with E-state index in [1.165, 1.54) is 4.68 Å². The molecule has 1 atom stereocenters. The Kier molecular flexibility index (Phi) is 5.27. The lowest BCUT2D eigenvalue weighted by atomic mass is 10.1. The molecule has 3 aromatic rings. The number of amides is 1. The fourth-order valence-electron chi connectivity index (χ4n) is 2.52. The summed E-state index contributed by atoms with van der Waals surface area (Å²) in [6.45, 7) is 5.71. The molecule has 26 heavy (non-hydrogen) atoms. The summed E-state index contributed by atoms with van der Waals surface area (Å²) in [5.74, 6) is -0.179. The van der Waals surface area contributed by atoms with E-state index in [2.05, 4.69) is 10.6 Å². The molecule has 3 rings (SSSR count). The molecule has 2 N–H and O–H groups in total. The van der Waals surface area contributed by atoms with Crippen molar-refractivity contribution < 1.29 is 14.0 Å². The predicted octanol–water partition coefficient (Wildman–Crippen LogP) is 2.98. The number of rotatable bonds is 5. The maximum Gasteiger partial charge on any atom is 0.442 e. The smallest absolute Gasteiger partial charge is 0.325 e. The molecule has 0 bridgehead atoms. The number of aromatic nitrogens is 2. The minimum absolute atomic E-state index is 0.179. The first-order chi connectivity index (χ1) is 12.5. The molecular formula is C19H20N3O3S+. The molecule has 1 aromatic heterocycles. The Morgan fingerprint density at radius 2 is 1.92 bits per heavy atom. The number of para-hydroxylation sites is 1. The van der Waals surface area contributed by atoms with Gasteiger partial charge in [0.25, 0.3) is 0 Å². The van der Waals surface area contributed by atoms with Crippen LogP contribution in [0.2, 0.25) is 0 Å². The van der Waals surface area contributed by atoms with Crippen LogP contribution in [0.3, 0.4) is 0 Å². The van der Waals surface area contributed by atoms with Crippen molar-refractivity contribution >= 4 is 23.4 Å². The zero-order valence-electron chi connectivity index (χ0n) is 14.8. The van der Waals surface area contributed by atoms with Gasteiger partial charge in [-0.05, 0) is 54.1 Å². The van der Waals surface area contributed by atoms with Gasteiger partial charge in [-0.1, -0.05) is 35.9 Å². The highest BCUT2D eigenvalue weighted by molar-refractivity contribution is 8.00. The second kappa shape index (κ2) is 7.61. The molecule has 0 aliphatic carbocycles. The highest BCUT2D eigenvalue weighted by Crippen LogP contribution is 2.21. The van der Waals surface area contributed by atoms with E-state index in [0.29, 0.717) is 5.03 Å². The fourth-order valence-corrected chi connectivity index (χ4v) is 3.41. The number of H-pyrrole nitrogens is 1. The number of aromatic amines is 1. The third-order valence-corrected chi connectivity index (χ3v) is 5.06. The molecule has 0 saturated heterocycles. The Bertz CT molecular complexity index is 979. The molecule has 6 nitrogen and oxygen atoms in total. The molecule has 0 aliphatic heterocycles. The van der Waals surface area contributed by atoms with Gasteiger partial charge in [0.05, 0.1) is 5.25 Å². The van der Waals surface area contributed by atoms with Crippen LogP contribution in [0.1, 0.15) is 18.1 Å². The van der Waals surface area contributed by atoms with E-state index >= 15 is 0 Å². The molecular weight excluding hydrogens is 350 g/mol. The van der Waals surface area contributed by atoms with Crippen LogP contribution in [-0.2, 0) is 4.79 Å². The van der Waals surface area contributed by atoms with Crippen LogP contribution >= 0.6 is 11.8 Å². The SMILES string of the molecule is Cc1ccc(NC(=O)C(C)Sc2c(=O)o[nH][n+]2-c2ccccc2)c(C)c1. The number of nitrogens with zero attached hydrogens (tertiary/aromatic N) is 1. The quantitative estimate of drug-likeness (QED) is 0.535. The highest BCUT2D eigenvalue weighted by Gasteiger charge is 2.29. The van der Waals surface area contributed by atoms with Crippen molar-refractivity contribution in [2.75, 3.05) is 5.32 Å². The van der Waals surface area contributed by atoms with Crippen LogP contribution in [0.5, 0.6) is 0 Å². The molecule has 2 aromatic carbocycles. The number of carbonyl (C=O) groups is 1. The first-order valence-corrected chi connectivity index (χ1v) is 9.07. The van der Waals surface area contributed by atoms with Crippen molar-refractivity contribution in [2.45, 2.75) is 31.0 Å². The molecule has 134 valence electrons. The van der Waals surface area contributed by atoms with Crippen molar-refractivity contribution in [3.05, 3.63) is 70.1 Å². The van der Waals surface area contributed by atoms with Gasteiger partial charge >= 0.3 is 10.7 Å². The topological polar surface area (TPSA) is 79.0 Å². The fraction of sp³-hybridized carbons (Fsp3) is 0.211. The first kappa shape index (κ1) is 18.0. The van der Waals surface area contributed by atoms with Crippen LogP contribution in [0.4, 0.5) is 5.69 Å². The lowest BCUT2D eigenvalue weighted by molar-refractivity contribution is -0.704. The van der Waals surface area contributed by atoms with Gasteiger partial charge in [0, 0.05) is 17.8 Å². The minimum Gasteiger partial charge on any atom is -0.325 e. The molecule has 0 fully saturated rings. The molecule has 1 amide bonds. The first-order valence-electron chi connectivity index (χ1n) is 8.19. The molecule has 0 spiro atoms. The van der Waals surface area contributed by atoms with E-state index in [-0.39, 0.29) is 5.91 Å². The Morgan fingerprint density at radius 1 is 1.19 bits per heavy atom. The van der Waals surface area contributed by atoms with E-state index in [1.807, 2.05) is 62.4 Å². The van der Waals surface area contributed by atoms with Crippen LogP contribution in [0, 0.1) is 13.8 Å². The lowest BCUT2D eigenvalue weighted by Gasteiger charge is -2.12. The number of aryl methyl sites for hydroxylation is 2. The zero-order valence-corrected chi connectivity index (χ0v) is 15.6. The van der Waals surface area contributed by atoms with E-state index in [1.54, 1.807) is 6.92 Å². The van der Waals surface area contributed by atoms with Gasteiger partial charge in [0.2, 0.25) is 11.6 Å². The number of carbonyl (C=O) groups excluding carboxylic acids is 1. The predicted molar refractivity (Wildman–Crippen MR) is 101 cm³/mol.